The quantitative estimate of drug-likeness (QED) is 0.395. The van der Waals surface area contributed by atoms with Crippen molar-refractivity contribution in [2.45, 2.75) is 12.5 Å². The van der Waals surface area contributed by atoms with Crippen LogP contribution in [0.2, 0.25) is 0 Å². The first-order chi connectivity index (χ1) is 14.6. The molecule has 1 atom stereocenters. The van der Waals surface area contributed by atoms with Crippen molar-refractivity contribution in [3.8, 4) is 11.1 Å². The smallest absolute Gasteiger partial charge is 0.326 e. The lowest BCUT2D eigenvalue weighted by atomic mass is 10.1. The lowest BCUT2D eigenvalue weighted by Crippen LogP contribution is -2.44. The lowest BCUT2D eigenvalue weighted by molar-refractivity contribution is -0.139. The molecule has 0 aliphatic rings. The number of benzene rings is 3. The molecule has 1 heterocycles. The topological polar surface area (TPSA) is 78.4 Å². The summed E-state index contributed by atoms with van der Waals surface area (Å²) in [5, 5.41) is 17.8. The summed E-state index contributed by atoms with van der Waals surface area (Å²) in [6.45, 7) is 0. The first-order valence-corrected chi connectivity index (χ1v) is 10.4. The highest BCUT2D eigenvalue weighted by atomic mass is 32.1. The first-order valence-electron chi connectivity index (χ1n) is 9.51. The monoisotopic (exact) mass is 416 g/mol. The van der Waals surface area contributed by atoms with Crippen LogP contribution in [0.4, 0.5) is 10.5 Å². The number of carbonyl (C=O) groups excluding carboxylic acids is 1. The lowest BCUT2D eigenvalue weighted by Gasteiger charge is -2.15. The zero-order chi connectivity index (χ0) is 20.9. The summed E-state index contributed by atoms with van der Waals surface area (Å²) >= 11 is 1.57. The van der Waals surface area contributed by atoms with Gasteiger partial charge < -0.3 is 15.7 Å². The number of aliphatic carboxylic acids is 1. The maximum absolute atomic E-state index is 12.4. The number of amides is 2. The van der Waals surface area contributed by atoms with Gasteiger partial charge in [-0.05, 0) is 45.7 Å². The minimum absolute atomic E-state index is 0.222. The summed E-state index contributed by atoms with van der Waals surface area (Å²) in [7, 11) is 0. The van der Waals surface area contributed by atoms with Crippen LogP contribution in [0.25, 0.3) is 21.2 Å². The number of nitrogens with one attached hydrogen (secondary N) is 2. The Hall–Kier alpha value is -3.64. The molecule has 2 amide bonds. The number of hydrogen-bond donors (Lipinski definition) is 3. The third-order valence-electron chi connectivity index (χ3n) is 4.84. The van der Waals surface area contributed by atoms with Gasteiger partial charge in [0, 0.05) is 16.8 Å². The van der Waals surface area contributed by atoms with Gasteiger partial charge in [0.15, 0.2) is 0 Å². The van der Waals surface area contributed by atoms with Crippen molar-refractivity contribution in [2.75, 3.05) is 5.32 Å². The Bertz CT molecular complexity index is 1170. The fraction of sp³-hybridized carbons (Fsp3) is 0.0833. The number of anilines is 1. The number of rotatable bonds is 6. The zero-order valence-electron chi connectivity index (χ0n) is 16.0. The van der Waals surface area contributed by atoms with Crippen molar-refractivity contribution in [3.05, 3.63) is 89.8 Å². The molecule has 0 aliphatic carbocycles. The molecule has 0 saturated heterocycles. The van der Waals surface area contributed by atoms with Gasteiger partial charge in [0.2, 0.25) is 0 Å². The molecule has 3 aromatic carbocycles. The Morgan fingerprint density at radius 2 is 1.53 bits per heavy atom. The third kappa shape index (κ3) is 4.50. The van der Waals surface area contributed by atoms with Gasteiger partial charge >= 0.3 is 12.0 Å². The summed E-state index contributed by atoms with van der Waals surface area (Å²) < 4.78 is 1.10. The van der Waals surface area contributed by atoms with Gasteiger partial charge in [-0.25, -0.2) is 9.59 Å². The molecule has 30 heavy (non-hydrogen) atoms. The van der Waals surface area contributed by atoms with Crippen LogP contribution in [0.5, 0.6) is 0 Å². The van der Waals surface area contributed by atoms with E-state index >= 15 is 0 Å². The fourth-order valence-electron chi connectivity index (χ4n) is 3.31. The van der Waals surface area contributed by atoms with Crippen molar-refractivity contribution >= 4 is 39.1 Å². The molecule has 5 nitrogen and oxygen atoms in total. The predicted molar refractivity (Wildman–Crippen MR) is 121 cm³/mol. The predicted octanol–water partition coefficient (Wildman–Crippen LogP) is 5.39. The van der Waals surface area contributed by atoms with Gasteiger partial charge in [-0.3, -0.25) is 0 Å². The van der Waals surface area contributed by atoms with Gasteiger partial charge in [0.1, 0.15) is 6.04 Å². The van der Waals surface area contributed by atoms with Crippen molar-refractivity contribution in [2.24, 2.45) is 0 Å². The maximum Gasteiger partial charge on any atom is 0.326 e. The summed E-state index contributed by atoms with van der Waals surface area (Å²) in [5.74, 6) is -1.07. The number of urea groups is 1. The molecule has 0 fully saturated rings. The largest absolute Gasteiger partial charge is 0.480 e. The molecule has 0 spiro atoms. The second kappa shape index (κ2) is 8.80. The van der Waals surface area contributed by atoms with E-state index in [0.29, 0.717) is 5.69 Å². The third-order valence-corrected chi connectivity index (χ3v) is 5.85. The van der Waals surface area contributed by atoms with Gasteiger partial charge in [0.05, 0.1) is 0 Å². The van der Waals surface area contributed by atoms with E-state index in [9.17, 15) is 14.7 Å². The number of hydrogen-bond acceptors (Lipinski definition) is 3. The normalized spacial score (nSPS) is 11.7. The molecule has 6 heteroatoms. The van der Waals surface area contributed by atoms with Crippen LogP contribution in [-0.4, -0.2) is 23.1 Å². The summed E-state index contributed by atoms with van der Waals surface area (Å²) in [6, 6.07) is 23.6. The minimum atomic E-state index is -1.07. The highest BCUT2D eigenvalue weighted by Crippen LogP contribution is 2.26. The number of carbonyl (C=O) groups is 2. The Morgan fingerprint density at radius 1 is 0.867 bits per heavy atom. The van der Waals surface area contributed by atoms with Crippen LogP contribution in [0.1, 0.15) is 5.56 Å². The standard InChI is InChI=1S/C24H20N2O3S/c27-23(28)21(14-18-15-30-22-9-5-4-8-20(18)22)26-24(29)25-19-12-10-17(11-13-19)16-6-2-1-3-7-16/h1-13,15,21H,14H2,(H,27,28)(H2,25,26,29). The molecule has 0 saturated carbocycles. The summed E-state index contributed by atoms with van der Waals surface area (Å²) in [4.78, 5) is 24.1. The Balaban J connectivity index is 1.41. The van der Waals surface area contributed by atoms with E-state index < -0.39 is 18.0 Å². The van der Waals surface area contributed by atoms with E-state index in [4.69, 9.17) is 0 Å². The average Bonchev–Trinajstić information content (AvgIpc) is 3.17. The van der Waals surface area contributed by atoms with Crippen molar-refractivity contribution in [1.82, 2.24) is 5.32 Å². The molecule has 1 aromatic heterocycles. The fourth-order valence-corrected chi connectivity index (χ4v) is 4.29. The van der Waals surface area contributed by atoms with E-state index in [1.807, 2.05) is 72.1 Å². The molecule has 1 unspecified atom stereocenters. The highest BCUT2D eigenvalue weighted by molar-refractivity contribution is 7.17. The first kappa shape index (κ1) is 19.7. The average molecular weight is 417 g/mol. The van der Waals surface area contributed by atoms with Crippen molar-refractivity contribution in [1.29, 1.82) is 0 Å². The number of carboxylic acids is 1. The molecule has 0 aliphatic heterocycles. The molecule has 4 rings (SSSR count). The van der Waals surface area contributed by atoms with Gasteiger partial charge in [0.25, 0.3) is 0 Å². The second-order valence-corrected chi connectivity index (χ2v) is 7.81. The zero-order valence-corrected chi connectivity index (χ0v) is 16.9. The van der Waals surface area contributed by atoms with Gasteiger partial charge in [-0.1, -0.05) is 60.7 Å². The van der Waals surface area contributed by atoms with Gasteiger partial charge in [-0.2, -0.15) is 0 Å². The Labute approximate surface area is 178 Å². The minimum Gasteiger partial charge on any atom is -0.480 e. The van der Waals surface area contributed by atoms with Crippen molar-refractivity contribution in [3.63, 3.8) is 0 Å². The van der Waals surface area contributed by atoms with Crippen LogP contribution in [0.15, 0.2) is 84.2 Å². The Morgan fingerprint density at radius 3 is 2.27 bits per heavy atom. The van der Waals surface area contributed by atoms with Crippen LogP contribution in [0, 0.1) is 0 Å². The van der Waals surface area contributed by atoms with E-state index in [2.05, 4.69) is 10.6 Å². The van der Waals surface area contributed by atoms with E-state index in [-0.39, 0.29) is 6.42 Å². The molecule has 0 radical (unpaired) electrons. The number of fused-ring (bicyclic) bond motifs is 1. The van der Waals surface area contributed by atoms with Crippen LogP contribution in [0.3, 0.4) is 0 Å². The highest BCUT2D eigenvalue weighted by Gasteiger charge is 2.22. The van der Waals surface area contributed by atoms with Crippen LogP contribution in [-0.2, 0) is 11.2 Å². The van der Waals surface area contributed by atoms with E-state index in [1.54, 1.807) is 23.5 Å². The van der Waals surface area contributed by atoms with E-state index in [0.717, 1.165) is 26.8 Å². The van der Waals surface area contributed by atoms with Crippen LogP contribution < -0.4 is 10.6 Å². The second-order valence-electron chi connectivity index (χ2n) is 6.89. The van der Waals surface area contributed by atoms with E-state index in [1.165, 1.54) is 0 Å². The Kier molecular flexibility index (Phi) is 5.77. The van der Waals surface area contributed by atoms with Gasteiger partial charge in [-0.15, -0.1) is 11.3 Å². The van der Waals surface area contributed by atoms with Crippen molar-refractivity contribution < 1.29 is 14.7 Å². The molecule has 4 aromatic rings. The summed E-state index contributed by atoms with van der Waals surface area (Å²) in [5.41, 5.74) is 3.63. The maximum atomic E-state index is 12.4. The SMILES string of the molecule is O=C(Nc1ccc(-c2ccccc2)cc1)NC(Cc1csc2ccccc12)C(=O)O. The van der Waals surface area contributed by atoms with Crippen LogP contribution >= 0.6 is 11.3 Å². The molecular formula is C24H20N2O3S. The number of thiophene rings is 1. The molecule has 150 valence electrons. The molecular weight excluding hydrogens is 396 g/mol. The molecule has 3 N–H and O–H groups in total. The number of carboxylic acid groups (broad SMARTS) is 1. The molecule has 0 bridgehead atoms. The summed E-state index contributed by atoms with van der Waals surface area (Å²) in [6.07, 6.45) is 0.222.